The lowest BCUT2D eigenvalue weighted by Crippen LogP contribution is -2.50. The van der Waals surface area contributed by atoms with Crippen LogP contribution in [-0.4, -0.2) is 86.7 Å². The molecule has 1 amide bonds. The average Bonchev–Trinajstić information content (AvgIpc) is 3.16. The third kappa shape index (κ3) is 3.72. The maximum Gasteiger partial charge on any atom is 0.412 e. The van der Waals surface area contributed by atoms with Gasteiger partial charge in [0.25, 0.3) is 0 Å². The van der Waals surface area contributed by atoms with Gasteiger partial charge in [0.2, 0.25) is 11.8 Å². The zero-order chi connectivity index (χ0) is 21.3. The Balaban J connectivity index is 1.99. The van der Waals surface area contributed by atoms with E-state index in [1.54, 1.807) is 6.92 Å². The first kappa shape index (κ1) is 21.2. The van der Waals surface area contributed by atoms with Crippen LogP contribution in [0.1, 0.15) is 6.92 Å². The summed E-state index contributed by atoms with van der Waals surface area (Å²) in [5, 5.41) is 30.5. The van der Waals surface area contributed by atoms with Gasteiger partial charge >= 0.3 is 11.0 Å². The molecule has 2 aromatic heterocycles. The summed E-state index contributed by atoms with van der Waals surface area (Å²) in [5.41, 5.74) is 3.47. The summed E-state index contributed by atoms with van der Waals surface area (Å²) >= 11 is 0.659. The van der Waals surface area contributed by atoms with E-state index in [0.29, 0.717) is 11.3 Å². The average molecular weight is 431 g/mol. The summed E-state index contributed by atoms with van der Waals surface area (Å²) in [6.45, 7) is 0.604. The summed E-state index contributed by atoms with van der Waals surface area (Å²) in [6, 6.07) is 0. The van der Waals surface area contributed by atoms with E-state index in [2.05, 4.69) is 9.97 Å². The molecule has 1 fully saturated rings. The van der Waals surface area contributed by atoms with E-state index in [1.165, 1.54) is 7.05 Å². The molecule has 0 saturated carbocycles. The zero-order valence-corrected chi connectivity index (χ0v) is 16.5. The molecule has 0 bridgehead atoms. The van der Waals surface area contributed by atoms with Crippen molar-refractivity contribution in [3.8, 4) is 5.88 Å². The molecular formula is C15H21N5O8S. The Morgan fingerprint density at radius 1 is 1.52 bits per heavy atom. The van der Waals surface area contributed by atoms with Gasteiger partial charge in [-0.05, 0) is 6.92 Å². The number of aliphatic hydroxyl groups excluding tert-OH is 2. The number of nitrogens with zero attached hydrogens (tertiary/aromatic N) is 4. The van der Waals surface area contributed by atoms with Crippen LogP contribution in [0.3, 0.4) is 0 Å². The van der Waals surface area contributed by atoms with Gasteiger partial charge in [0.05, 0.1) is 19.8 Å². The second-order valence-corrected chi connectivity index (χ2v) is 7.23. The minimum absolute atomic E-state index is 0.0787. The number of aliphatic hydroxyl groups is 3. The van der Waals surface area contributed by atoms with Crippen molar-refractivity contribution in [2.45, 2.75) is 24.9 Å². The molecule has 160 valence electrons. The molecule has 0 spiro atoms. The van der Waals surface area contributed by atoms with Crippen LogP contribution in [0.25, 0.3) is 10.3 Å². The number of amides is 1. The second kappa shape index (κ2) is 8.08. The Labute approximate surface area is 167 Å². The minimum atomic E-state index is -2.16. The van der Waals surface area contributed by atoms with Crippen LogP contribution >= 0.6 is 11.3 Å². The minimum Gasteiger partial charge on any atom is -0.455 e. The highest BCUT2D eigenvalue weighted by atomic mass is 32.1. The van der Waals surface area contributed by atoms with Gasteiger partial charge in [-0.1, -0.05) is 11.3 Å². The van der Waals surface area contributed by atoms with Crippen molar-refractivity contribution in [2.75, 3.05) is 39.3 Å². The van der Waals surface area contributed by atoms with Gasteiger partial charge < -0.3 is 35.3 Å². The molecule has 3 rings (SSSR count). The Hall–Kier alpha value is -2.52. The van der Waals surface area contributed by atoms with E-state index in [9.17, 15) is 24.9 Å². The van der Waals surface area contributed by atoms with Crippen molar-refractivity contribution >= 4 is 33.7 Å². The smallest absolute Gasteiger partial charge is 0.412 e. The molecule has 0 unspecified atom stereocenters. The van der Waals surface area contributed by atoms with Crippen LogP contribution in [-0.2, 0) is 15.2 Å². The Kier molecular flexibility index (Phi) is 5.90. The molecule has 1 saturated heterocycles. The maximum atomic E-state index is 12.6. The number of fused-ring (bicyclic) bond motifs is 1. The van der Waals surface area contributed by atoms with Crippen molar-refractivity contribution in [2.24, 2.45) is 0 Å². The first-order valence-electron chi connectivity index (χ1n) is 8.56. The molecule has 3 heterocycles. The highest BCUT2D eigenvalue weighted by Gasteiger charge is 2.51. The quantitative estimate of drug-likeness (QED) is 0.381. The monoisotopic (exact) mass is 431 g/mol. The number of aromatic nitrogens is 3. The van der Waals surface area contributed by atoms with Crippen molar-refractivity contribution < 1.29 is 34.3 Å². The van der Waals surface area contributed by atoms with Gasteiger partial charge in [0.15, 0.2) is 18.1 Å². The van der Waals surface area contributed by atoms with Crippen LogP contribution in [0.5, 0.6) is 5.88 Å². The second-order valence-electron chi connectivity index (χ2n) is 6.27. The predicted molar refractivity (Wildman–Crippen MR) is 99.4 cm³/mol. The number of thiazole rings is 1. The standard InChI is InChI=1S/C15H21N5O8S/c1-3-26-13(23)19(2)6-28-11-8-10(17-12(16)18-11)20(14(24)29-8)15(25)5-27-7(4-21)9(15)22/h7,9,21-22,25H,3-6H2,1-2H3,(H2,16,17,18)/t7-,9-,15-/m1/s1. The molecule has 2 aromatic rings. The van der Waals surface area contributed by atoms with Crippen LogP contribution in [0.2, 0.25) is 0 Å². The van der Waals surface area contributed by atoms with Crippen molar-refractivity contribution in [1.29, 1.82) is 0 Å². The fourth-order valence-electron chi connectivity index (χ4n) is 2.83. The first-order valence-corrected chi connectivity index (χ1v) is 9.37. The molecule has 14 heteroatoms. The lowest BCUT2D eigenvalue weighted by Gasteiger charge is -2.27. The Morgan fingerprint density at radius 2 is 2.24 bits per heavy atom. The van der Waals surface area contributed by atoms with Gasteiger partial charge in [-0.3, -0.25) is 9.69 Å². The van der Waals surface area contributed by atoms with Crippen molar-refractivity contribution in [1.82, 2.24) is 19.4 Å². The maximum absolute atomic E-state index is 12.6. The number of anilines is 1. The Bertz CT molecular complexity index is 964. The molecular weight excluding hydrogens is 410 g/mol. The first-order chi connectivity index (χ1) is 13.7. The fraction of sp³-hybridized carbons (Fsp3) is 0.600. The van der Waals surface area contributed by atoms with E-state index in [1.807, 2.05) is 0 Å². The SMILES string of the molecule is CCOC(=O)N(C)COc1nc(N)nc2c1sc(=O)n2[C@@]1(O)CO[C@H](CO)[C@H]1O. The zero-order valence-electron chi connectivity index (χ0n) is 15.6. The molecule has 1 aliphatic rings. The van der Waals surface area contributed by atoms with E-state index in [-0.39, 0.29) is 35.5 Å². The van der Waals surface area contributed by atoms with E-state index in [0.717, 1.165) is 9.47 Å². The summed E-state index contributed by atoms with van der Waals surface area (Å²) < 4.78 is 16.5. The van der Waals surface area contributed by atoms with Crippen molar-refractivity contribution in [3.63, 3.8) is 0 Å². The number of nitrogens with two attached hydrogens (primary N) is 1. The number of ether oxygens (including phenoxy) is 3. The summed E-state index contributed by atoms with van der Waals surface area (Å²) in [5.74, 6) is -0.339. The Morgan fingerprint density at radius 3 is 2.86 bits per heavy atom. The number of carbonyl (C=O) groups is 1. The lowest BCUT2D eigenvalue weighted by molar-refractivity contribution is -0.111. The molecule has 13 nitrogen and oxygen atoms in total. The number of carbonyl (C=O) groups excluding carboxylic acids is 1. The third-order valence-corrected chi connectivity index (χ3v) is 5.21. The van der Waals surface area contributed by atoms with Crippen LogP contribution in [0, 0.1) is 0 Å². The third-order valence-electron chi connectivity index (χ3n) is 4.29. The molecule has 1 aliphatic heterocycles. The number of nitrogen functional groups attached to an aromatic ring is 1. The normalized spacial score (nSPS) is 24.0. The van der Waals surface area contributed by atoms with Gasteiger partial charge in [0, 0.05) is 7.05 Å². The molecule has 0 radical (unpaired) electrons. The van der Waals surface area contributed by atoms with Crippen molar-refractivity contribution in [3.05, 3.63) is 9.67 Å². The molecule has 29 heavy (non-hydrogen) atoms. The van der Waals surface area contributed by atoms with E-state index >= 15 is 0 Å². The fourth-order valence-corrected chi connectivity index (χ4v) is 3.76. The molecule has 0 aromatic carbocycles. The van der Waals surface area contributed by atoms with Crippen LogP contribution in [0.15, 0.2) is 4.79 Å². The number of rotatable bonds is 6. The summed E-state index contributed by atoms with van der Waals surface area (Å²) in [7, 11) is 1.44. The van der Waals surface area contributed by atoms with Gasteiger partial charge in [-0.15, -0.1) is 0 Å². The molecule has 0 aliphatic carbocycles. The topological polar surface area (TPSA) is 182 Å². The number of hydrogen-bond acceptors (Lipinski definition) is 12. The highest BCUT2D eigenvalue weighted by Crippen LogP contribution is 2.34. The van der Waals surface area contributed by atoms with Crippen LogP contribution in [0.4, 0.5) is 10.7 Å². The van der Waals surface area contributed by atoms with Gasteiger partial charge in [-0.2, -0.15) is 9.97 Å². The predicted octanol–water partition coefficient (Wildman–Crippen LogP) is -1.74. The van der Waals surface area contributed by atoms with Gasteiger partial charge in [0.1, 0.15) is 16.9 Å². The molecule has 5 N–H and O–H groups in total. The van der Waals surface area contributed by atoms with E-state index < -0.39 is 42.1 Å². The largest absolute Gasteiger partial charge is 0.455 e. The number of hydrogen-bond donors (Lipinski definition) is 4. The lowest BCUT2D eigenvalue weighted by atomic mass is 10.1. The molecule has 3 atom stereocenters. The van der Waals surface area contributed by atoms with Gasteiger partial charge in [-0.25, -0.2) is 9.36 Å². The summed E-state index contributed by atoms with van der Waals surface area (Å²) in [6.07, 6.45) is -3.28. The highest BCUT2D eigenvalue weighted by molar-refractivity contribution is 7.16. The summed E-state index contributed by atoms with van der Waals surface area (Å²) in [4.78, 5) is 32.7. The van der Waals surface area contributed by atoms with E-state index in [4.69, 9.17) is 19.9 Å². The van der Waals surface area contributed by atoms with Crippen LogP contribution < -0.4 is 15.3 Å².